The number of aromatic nitrogens is 5. The summed E-state index contributed by atoms with van der Waals surface area (Å²) in [6.07, 6.45) is 6.96. The number of halogens is 1. The maximum absolute atomic E-state index is 15.0. The number of alkyl carbamates (subject to hydrolysis) is 1. The summed E-state index contributed by atoms with van der Waals surface area (Å²) < 4.78 is 6.00. The molecule has 1 unspecified atom stereocenters. The van der Waals surface area contributed by atoms with Gasteiger partial charge in [-0.3, -0.25) is 24.8 Å². The van der Waals surface area contributed by atoms with E-state index in [0.29, 0.717) is 33.2 Å². The molecule has 3 heterocycles. The van der Waals surface area contributed by atoms with Crippen molar-refractivity contribution in [2.45, 2.75) is 69.7 Å². The molecule has 2 aromatic carbocycles. The SMILES string of the molecule is CC(C)(C)C#C[C@]1(c2ccc(-c3cnccn3)cc2)N=C(N)N(C2(c3ccc(Cl)c(-c4ncn[nH]4)c3)C[C@@H]2OC(=O)NC2(C)CC2)C1=O. The first kappa shape index (κ1) is 31.3. The second-order valence-electron chi connectivity index (χ2n) is 13.7. The van der Waals surface area contributed by atoms with Crippen LogP contribution < -0.4 is 11.1 Å². The minimum absolute atomic E-state index is 0.0435. The van der Waals surface area contributed by atoms with Gasteiger partial charge in [0.1, 0.15) is 18.0 Å². The lowest BCUT2D eigenvalue weighted by Crippen LogP contribution is -2.51. The smallest absolute Gasteiger partial charge is 0.407 e. The number of rotatable bonds is 7. The van der Waals surface area contributed by atoms with Gasteiger partial charge >= 0.3 is 6.09 Å². The number of H-pyrrole nitrogens is 1. The van der Waals surface area contributed by atoms with Crippen molar-refractivity contribution < 1.29 is 14.3 Å². The molecule has 2 amide bonds. The van der Waals surface area contributed by atoms with E-state index in [1.54, 1.807) is 42.9 Å². The number of carbonyl (C=O) groups excluding carboxylic acids is 2. The summed E-state index contributed by atoms with van der Waals surface area (Å²) in [5.74, 6) is 6.38. The summed E-state index contributed by atoms with van der Waals surface area (Å²) >= 11 is 6.60. The normalized spacial score (nSPS) is 23.9. The van der Waals surface area contributed by atoms with Crippen molar-refractivity contribution in [1.82, 2.24) is 35.4 Å². The molecule has 3 aliphatic rings. The highest BCUT2D eigenvalue weighted by Crippen LogP contribution is 2.57. The summed E-state index contributed by atoms with van der Waals surface area (Å²) in [5, 5.41) is 10.2. The van der Waals surface area contributed by atoms with Crippen LogP contribution in [-0.4, -0.2) is 59.7 Å². The van der Waals surface area contributed by atoms with Crippen molar-refractivity contribution in [2.75, 3.05) is 0 Å². The second-order valence-corrected chi connectivity index (χ2v) is 14.1. The number of aliphatic imine (C=N–C) groups is 1. The average molecular weight is 664 g/mol. The third-order valence-electron chi connectivity index (χ3n) is 8.86. The zero-order valence-electron chi connectivity index (χ0n) is 26.9. The molecule has 3 atom stereocenters. The van der Waals surface area contributed by atoms with E-state index in [9.17, 15) is 4.79 Å². The van der Waals surface area contributed by atoms with E-state index in [4.69, 9.17) is 27.1 Å². The van der Waals surface area contributed by atoms with Crippen LogP contribution in [0.2, 0.25) is 5.02 Å². The van der Waals surface area contributed by atoms with Crippen LogP contribution >= 0.6 is 11.6 Å². The molecular formula is C35H34ClN9O3. The second kappa shape index (κ2) is 11.2. The number of guanidine groups is 1. The molecule has 0 radical (unpaired) electrons. The van der Waals surface area contributed by atoms with Crippen LogP contribution in [0.15, 0.2) is 72.4 Å². The molecule has 7 rings (SSSR count). The van der Waals surface area contributed by atoms with E-state index in [-0.39, 0.29) is 17.9 Å². The fourth-order valence-corrected chi connectivity index (χ4v) is 6.14. The number of carbonyl (C=O) groups is 2. The van der Waals surface area contributed by atoms with Crippen LogP contribution in [0.25, 0.3) is 22.6 Å². The number of ether oxygens (including phenoxy) is 1. The van der Waals surface area contributed by atoms with Crippen molar-refractivity contribution >= 4 is 29.6 Å². The van der Waals surface area contributed by atoms with Crippen LogP contribution in [-0.2, 0) is 20.6 Å². The standard InChI is InChI=1S/C35H34ClN9O3/c1-32(2,3)11-14-34(22-7-5-21(6-8-22)26-19-38-15-16-39-26)29(46)45(30(37)42-34)35(18-27(35)48-31(47)43-33(4)12-13-33)23-9-10-25(36)24(17-23)28-40-20-41-44-28/h5-10,15-17,19-20,27H,12-13,18H2,1-4H3,(H2,37,42)(H,43,47)(H,40,41,44)/t27-,34+,35?/m0/s1. The molecule has 1 aliphatic heterocycles. The Labute approximate surface area is 282 Å². The molecule has 2 aliphatic carbocycles. The third-order valence-corrected chi connectivity index (χ3v) is 9.19. The van der Waals surface area contributed by atoms with Gasteiger partial charge in [-0.1, -0.05) is 53.8 Å². The molecule has 0 bridgehead atoms. The maximum atomic E-state index is 15.0. The number of hydrogen-bond acceptors (Lipinski definition) is 9. The summed E-state index contributed by atoms with van der Waals surface area (Å²) in [5.41, 5.74) is 6.35. The van der Waals surface area contributed by atoms with E-state index in [0.717, 1.165) is 18.4 Å². The van der Waals surface area contributed by atoms with Gasteiger partial charge in [-0.15, -0.1) is 0 Å². The van der Waals surface area contributed by atoms with E-state index >= 15 is 4.79 Å². The van der Waals surface area contributed by atoms with Gasteiger partial charge in [-0.05, 0) is 58.2 Å². The Bertz CT molecular complexity index is 1990. The largest absolute Gasteiger partial charge is 0.443 e. The molecule has 2 saturated carbocycles. The molecule has 0 saturated heterocycles. The zero-order valence-corrected chi connectivity index (χ0v) is 27.7. The van der Waals surface area contributed by atoms with Crippen LogP contribution in [0.5, 0.6) is 0 Å². The molecule has 13 heteroatoms. The molecule has 244 valence electrons. The Kier molecular flexibility index (Phi) is 7.29. The fourth-order valence-electron chi connectivity index (χ4n) is 5.93. The van der Waals surface area contributed by atoms with Gasteiger partial charge in [0, 0.05) is 46.5 Å². The van der Waals surface area contributed by atoms with Gasteiger partial charge < -0.3 is 15.8 Å². The Morgan fingerprint density at radius 2 is 1.88 bits per heavy atom. The molecule has 48 heavy (non-hydrogen) atoms. The van der Waals surface area contributed by atoms with Crippen LogP contribution in [0.4, 0.5) is 4.79 Å². The van der Waals surface area contributed by atoms with Gasteiger partial charge in [0.25, 0.3) is 5.91 Å². The Hall–Kier alpha value is -5.28. The molecular weight excluding hydrogens is 630 g/mol. The lowest BCUT2D eigenvalue weighted by molar-refractivity contribution is -0.132. The third kappa shape index (κ3) is 5.54. The highest BCUT2D eigenvalue weighted by Gasteiger charge is 2.69. The van der Waals surface area contributed by atoms with Crippen molar-refractivity contribution in [3.63, 3.8) is 0 Å². The van der Waals surface area contributed by atoms with E-state index in [1.165, 1.54) is 11.2 Å². The molecule has 4 N–H and O–H groups in total. The van der Waals surface area contributed by atoms with Gasteiger partial charge in [0.05, 0.1) is 16.9 Å². The molecule has 0 spiro atoms. The number of nitrogens with two attached hydrogens (primary N) is 1. The highest BCUT2D eigenvalue weighted by atomic mass is 35.5. The minimum atomic E-state index is -1.66. The summed E-state index contributed by atoms with van der Waals surface area (Å²) in [6.45, 7) is 7.83. The fraction of sp³-hybridized carbons (Fsp3) is 0.343. The Balaban J connectivity index is 1.32. The number of benzene rings is 2. The van der Waals surface area contributed by atoms with E-state index < -0.39 is 34.6 Å². The maximum Gasteiger partial charge on any atom is 0.407 e. The van der Waals surface area contributed by atoms with Gasteiger partial charge in [0.2, 0.25) is 11.5 Å². The van der Waals surface area contributed by atoms with Crippen molar-refractivity contribution in [3.05, 3.63) is 83.5 Å². The first-order valence-electron chi connectivity index (χ1n) is 15.6. The molecule has 2 fully saturated rings. The minimum Gasteiger partial charge on any atom is -0.443 e. The first-order valence-corrected chi connectivity index (χ1v) is 16.0. The number of aromatic amines is 1. The lowest BCUT2D eigenvalue weighted by Gasteiger charge is -2.31. The molecule has 2 aromatic heterocycles. The summed E-state index contributed by atoms with van der Waals surface area (Å²) in [6, 6.07) is 12.6. The van der Waals surface area contributed by atoms with Crippen LogP contribution in [0, 0.1) is 17.3 Å². The zero-order chi connectivity index (χ0) is 33.9. The Morgan fingerprint density at radius 3 is 2.52 bits per heavy atom. The highest BCUT2D eigenvalue weighted by molar-refractivity contribution is 6.33. The number of nitrogens with one attached hydrogen (secondary N) is 2. The van der Waals surface area contributed by atoms with Crippen LogP contribution in [0.3, 0.4) is 0 Å². The number of amides is 2. The van der Waals surface area contributed by atoms with Gasteiger partial charge in [-0.25, -0.2) is 14.8 Å². The first-order chi connectivity index (χ1) is 22.8. The van der Waals surface area contributed by atoms with E-state index in [2.05, 4.69) is 42.3 Å². The quantitative estimate of drug-likeness (QED) is 0.234. The van der Waals surface area contributed by atoms with E-state index in [1.807, 2.05) is 45.9 Å². The van der Waals surface area contributed by atoms with Gasteiger partial charge in [-0.2, -0.15) is 5.10 Å². The monoisotopic (exact) mass is 663 g/mol. The van der Waals surface area contributed by atoms with Crippen molar-refractivity contribution in [3.8, 4) is 34.5 Å². The lowest BCUT2D eigenvalue weighted by atomic mass is 9.86. The predicted octanol–water partition coefficient (Wildman–Crippen LogP) is 4.93. The topological polar surface area (TPSA) is 164 Å². The Morgan fingerprint density at radius 1 is 1.12 bits per heavy atom. The molecule has 12 nitrogen and oxygen atoms in total. The predicted molar refractivity (Wildman–Crippen MR) is 179 cm³/mol. The van der Waals surface area contributed by atoms with Crippen molar-refractivity contribution in [1.29, 1.82) is 0 Å². The molecule has 4 aromatic rings. The summed E-state index contributed by atoms with van der Waals surface area (Å²) in [7, 11) is 0. The van der Waals surface area contributed by atoms with Crippen LogP contribution in [0.1, 0.15) is 58.1 Å². The average Bonchev–Trinajstić information content (AvgIpc) is 3.83. The summed E-state index contributed by atoms with van der Waals surface area (Å²) in [4.78, 5) is 47.2. The number of hydrogen-bond donors (Lipinski definition) is 3. The number of nitrogens with zero attached hydrogens (tertiary/aromatic N) is 6. The van der Waals surface area contributed by atoms with Crippen molar-refractivity contribution in [2.24, 2.45) is 16.1 Å². The van der Waals surface area contributed by atoms with Gasteiger partial charge in [0.15, 0.2) is 5.82 Å².